The molecule has 0 radical (unpaired) electrons. The molecule has 120 valence electrons. The van der Waals surface area contributed by atoms with Crippen LogP contribution in [-0.2, 0) is 11.2 Å². The molecule has 1 N–H and O–H groups in total. The fourth-order valence-electron chi connectivity index (χ4n) is 2.02. The fraction of sp³-hybridized carbons (Fsp3) is 0.176. The summed E-state index contributed by atoms with van der Waals surface area (Å²) in [5, 5.41) is 2.87. The van der Waals surface area contributed by atoms with Crippen LogP contribution in [0.25, 0.3) is 0 Å². The number of hydrogen-bond acceptors (Lipinski definition) is 2. The van der Waals surface area contributed by atoms with Crippen molar-refractivity contribution in [3.8, 4) is 0 Å². The van der Waals surface area contributed by atoms with E-state index in [9.17, 15) is 14.0 Å². The Balaban J connectivity index is 2.05. The predicted octanol–water partition coefficient (Wildman–Crippen LogP) is 3.36. The van der Waals surface area contributed by atoms with E-state index in [0.717, 1.165) is 0 Å². The highest BCUT2D eigenvalue weighted by atomic mass is 35.5. The number of halogens is 2. The van der Waals surface area contributed by atoms with Gasteiger partial charge in [0, 0.05) is 35.9 Å². The zero-order valence-corrected chi connectivity index (χ0v) is 13.5. The standard InChI is InChI=1S/C17H16ClFN2O2/c1-21(2)17(23)11-6-8-12(9-7-11)20-16(22)10-13-14(18)4-3-5-15(13)19/h3-9H,10H2,1-2H3,(H,20,22). The lowest BCUT2D eigenvalue weighted by atomic mass is 10.1. The van der Waals surface area contributed by atoms with Crippen molar-refractivity contribution in [2.45, 2.75) is 6.42 Å². The minimum atomic E-state index is -0.514. The van der Waals surface area contributed by atoms with E-state index in [1.54, 1.807) is 38.4 Å². The summed E-state index contributed by atoms with van der Waals surface area (Å²) in [6.45, 7) is 0. The van der Waals surface area contributed by atoms with Crippen LogP contribution in [0.3, 0.4) is 0 Å². The third-order valence-electron chi connectivity index (χ3n) is 3.22. The Morgan fingerprint density at radius 3 is 2.35 bits per heavy atom. The summed E-state index contributed by atoms with van der Waals surface area (Å²) in [5.74, 6) is -1.02. The van der Waals surface area contributed by atoms with E-state index in [1.807, 2.05) is 0 Å². The van der Waals surface area contributed by atoms with E-state index in [0.29, 0.717) is 11.3 Å². The highest BCUT2D eigenvalue weighted by molar-refractivity contribution is 6.31. The highest BCUT2D eigenvalue weighted by Crippen LogP contribution is 2.20. The third-order valence-corrected chi connectivity index (χ3v) is 3.57. The molecule has 6 heteroatoms. The van der Waals surface area contributed by atoms with E-state index in [2.05, 4.69) is 5.32 Å². The van der Waals surface area contributed by atoms with E-state index in [-0.39, 0.29) is 28.8 Å². The zero-order chi connectivity index (χ0) is 17.0. The van der Waals surface area contributed by atoms with Gasteiger partial charge in [0.1, 0.15) is 5.82 Å². The van der Waals surface area contributed by atoms with Gasteiger partial charge in [-0.05, 0) is 36.4 Å². The van der Waals surface area contributed by atoms with Crippen molar-refractivity contribution in [2.24, 2.45) is 0 Å². The molecule has 0 saturated heterocycles. The van der Waals surface area contributed by atoms with Gasteiger partial charge in [-0.25, -0.2) is 4.39 Å². The van der Waals surface area contributed by atoms with Crippen LogP contribution >= 0.6 is 11.6 Å². The molecule has 0 spiro atoms. The molecule has 2 aromatic carbocycles. The molecule has 0 saturated carbocycles. The van der Waals surface area contributed by atoms with Crippen LogP contribution in [0.2, 0.25) is 5.02 Å². The van der Waals surface area contributed by atoms with Crippen LogP contribution in [0.4, 0.5) is 10.1 Å². The SMILES string of the molecule is CN(C)C(=O)c1ccc(NC(=O)Cc2c(F)cccc2Cl)cc1. The van der Waals surface area contributed by atoms with Gasteiger partial charge < -0.3 is 10.2 Å². The summed E-state index contributed by atoms with van der Waals surface area (Å²) in [7, 11) is 3.33. The molecule has 2 rings (SSSR count). The molecular formula is C17H16ClFN2O2. The van der Waals surface area contributed by atoms with Crippen molar-refractivity contribution in [1.29, 1.82) is 0 Å². The van der Waals surface area contributed by atoms with Crippen molar-refractivity contribution in [2.75, 3.05) is 19.4 Å². The summed E-state index contributed by atoms with van der Waals surface area (Å²) in [5.41, 5.74) is 1.20. The first-order valence-electron chi connectivity index (χ1n) is 6.93. The van der Waals surface area contributed by atoms with Crippen molar-refractivity contribution >= 4 is 29.1 Å². The number of carbonyl (C=O) groups excluding carboxylic acids is 2. The quantitative estimate of drug-likeness (QED) is 0.932. The summed E-state index contributed by atoms with van der Waals surface area (Å²) in [6, 6.07) is 10.8. The smallest absolute Gasteiger partial charge is 0.253 e. The number of carbonyl (C=O) groups is 2. The van der Waals surface area contributed by atoms with E-state index in [4.69, 9.17) is 11.6 Å². The molecule has 0 bridgehead atoms. The summed E-state index contributed by atoms with van der Waals surface area (Å²) >= 11 is 5.90. The molecular weight excluding hydrogens is 319 g/mol. The molecule has 0 aliphatic carbocycles. The molecule has 0 unspecified atom stereocenters. The van der Waals surface area contributed by atoms with Crippen molar-refractivity contribution in [3.63, 3.8) is 0 Å². The van der Waals surface area contributed by atoms with Gasteiger partial charge in [-0.15, -0.1) is 0 Å². The van der Waals surface area contributed by atoms with Gasteiger partial charge in [0.2, 0.25) is 5.91 Å². The van der Waals surface area contributed by atoms with E-state index >= 15 is 0 Å². The second kappa shape index (κ2) is 7.24. The van der Waals surface area contributed by atoms with Gasteiger partial charge in [0.05, 0.1) is 6.42 Å². The highest BCUT2D eigenvalue weighted by Gasteiger charge is 2.13. The average molecular weight is 335 g/mol. The number of anilines is 1. The minimum absolute atomic E-state index is 0.124. The lowest BCUT2D eigenvalue weighted by Crippen LogP contribution is -2.21. The number of nitrogens with zero attached hydrogens (tertiary/aromatic N) is 1. The monoisotopic (exact) mass is 334 g/mol. The lowest BCUT2D eigenvalue weighted by Gasteiger charge is -2.11. The Kier molecular flexibility index (Phi) is 5.34. The zero-order valence-electron chi connectivity index (χ0n) is 12.8. The molecule has 0 atom stereocenters. The largest absolute Gasteiger partial charge is 0.345 e. The molecule has 0 aromatic heterocycles. The average Bonchev–Trinajstić information content (AvgIpc) is 2.51. The minimum Gasteiger partial charge on any atom is -0.345 e. The summed E-state index contributed by atoms with van der Waals surface area (Å²) < 4.78 is 13.7. The fourth-order valence-corrected chi connectivity index (χ4v) is 2.25. The van der Waals surface area contributed by atoms with Crippen LogP contribution < -0.4 is 5.32 Å². The third kappa shape index (κ3) is 4.29. The first-order chi connectivity index (χ1) is 10.9. The Morgan fingerprint density at radius 1 is 1.13 bits per heavy atom. The molecule has 4 nitrogen and oxygen atoms in total. The van der Waals surface area contributed by atoms with Crippen LogP contribution in [0.15, 0.2) is 42.5 Å². The maximum absolute atomic E-state index is 13.7. The van der Waals surface area contributed by atoms with Gasteiger partial charge in [0.15, 0.2) is 0 Å². The maximum Gasteiger partial charge on any atom is 0.253 e. The lowest BCUT2D eigenvalue weighted by molar-refractivity contribution is -0.115. The van der Waals surface area contributed by atoms with Crippen molar-refractivity contribution in [3.05, 3.63) is 64.4 Å². The van der Waals surface area contributed by atoms with Gasteiger partial charge in [-0.2, -0.15) is 0 Å². The Morgan fingerprint density at radius 2 is 1.78 bits per heavy atom. The topological polar surface area (TPSA) is 49.4 Å². The molecule has 0 aliphatic heterocycles. The Hall–Kier alpha value is -2.40. The molecule has 0 aliphatic rings. The number of nitrogens with one attached hydrogen (secondary N) is 1. The molecule has 2 aromatic rings. The first-order valence-corrected chi connectivity index (χ1v) is 7.30. The van der Waals surface area contributed by atoms with Crippen LogP contribution in [0, 0.1) is 5.82 Å². The maximum atomic E-state index is 13.7. The van der Waals surface area contributed by atoms with Gasteiger partial charge >= 0.3 is 0 Å². The number of rotatable bonds is 4. The predicted molar refractivity (Wildman–Crippen MR) is 88.2 cm³/mol. The molecule has 0 fully saturated rings. The van der Waals surface area contributed by atoms with Crippen molar-refractivity contribution < 1.29 is 14.0 Å². The summed E-state index contributed by atoms with van der Waals surface area (Å²) in [6.07, 6.45) is -0.163. The number of benzene rings is 2. The Bertz CT molecular complexity index is 710. The van der Waals surface area contributed by atoms with Crippen molar-refractivity contribution in [1.82, 2.24) is 4.90 Å². The van der Waals surface area contributed by atoms with Gasteiger partial charge in [-0.3, -0.25) is 9.59 Å². The van der Waals surface area contributed by atoms with Crippen LogP contribution in [0.1, 0.15) is 15.9 Å². The second-order valence-corrected chi connectivity index (χ2v) is 5.61. The Labute approximate surface area is 138 Å². The second-order valence-electron chi connectivity index (χ2n) is 5.20. The van der Waals surface area contributed by atoms with Crippen LogP contribution in [0.5, 0.6) is 0 Å². The number of hydrogen-bond donors (Lipinski definition) is 1. The van der Waals surface area contributed by atoms with E-state index in [1.165, 1.54) is 23.1 Å². The van der Waals surface area contributed by atoms with Gasteiger partial charge in [0.25, 0.3) is 5.91 Å². The number of amides is 2. The normalized spacial score (nSPS) is 10.3. The van der Waals surface area contributed by atoms with E-state index < -0.39 is 5.82 Å². The molecule has 23 heavy (non-hydrogen) atoms. The molecule has 2 amide bonds. The first kappa shape index (κ1) is 17.0. The molecule has 0 heterocycles. The van der Waals surface area contributed by atoms with Gasteiger partial charge in [-0.1, -0.05) is 17.7 Å². The van der Waals surface area contributed by atoms with Crippen LogP contribution in [-0.4, -0.2) is 30.8 Å². The summed E-state index contributed by atoms with van der Waals surface area (Å²) in [4.78, 5) is 25.2.